The maximum absolute atomic E-state index is 12.7. The van der Waals surface area contributed by atoms with Crippen molar-refractivity contribution in [3.05, 3.63) is 35.4 Å². The smallest absolute Gasteiger partial charge is 0.320 e. The van der Waals surface area contributed by atoms with E-state index in [1.807, 2.05) is 17.0 Å². The summed E-state index contributed by atoms with van der Waals surface area (Å²) in [6.07, 6.45) is 2.62. The first-order chi connectivity index (χ1) is 10.1. The number of carboxylic acids is 1. The number of carbonyl (C=O) groups excluding carboxylic acids is 1. The largest absolute Gasteiger partial charge is 0.481 e. The van der Waals surface area contributed by atoms with E-state index in [9.17, 15) is 9.59 Å². The van der Waals surface area contributed by atoms with Crippen LogP contribution in [-0.4, -0.2) is 46.0 Å². The molecule has 1 saturated heterocycles. The number of fused-ring (bicyclic) bond motifs is 1. The Morgan fingerprint density at radius 2 is 1.95 bits per heavy atom. The highest BCUT2D eigenvalue weighted by Gasteiger charge is 2.33. The molecule has 1 aromatic rings. The number of urea groups is 1. The summed E-state index contributed by atoms with van der Waals surface area (Å²) in [6, 6.07) is 8.05. The van der Waals surface area contributed by atoms with Gasteiger partial charge in [0, 0.05) is 25.7 Å². The van der Waals surface area contributed by atoms with Gasteiger partial charge in [-0.1, -0.05) is 24.3 Å². The number of likely N-dealkylation sites (tertiary alicyclic amines) is 1. The van der Waals surface area contributed by atoms with Crippen LogP contribution < -0.4 is 0 Å². The maximum atomic E-state index is 12.7. The number of nitrogens with zero attached hydrogens (tertiary/aromatic N) is 2. The second kappa shape index (κ2) is 5.76. The number of aliphatic carboxylic acids is 1. The Balaban J connectivity index is 1.70. The number of carboxylic acid groups (broad SMARTS) is 1. The molecule has 2 heterocycles. The van der Waals surface area contributed by atoms with E-state index in [1.165, 1.54) is 11.1 Å². The van der Waals surface area contributed by atoms with E-state index in [2.05, 4.69) is 12.1 Å². The number of amides is 2. The lowest BCUT2D eigenvalue weighted by Gasteiger charge is -2.34. The number of hydrogen-bond acceptors (Lipinski definition) is 2. The summed E-state index contributed by atoms with van der Waals surface area (Å²) in [4.78, 5) is 27.2. The molecule has 112 valence electrons. The van der Waals surface area contributed by atoms with Crippen LogP contribution in [0.15, 0.2) is 24.3 Å². The van der Waals surface area contributed by atoms with Crippen molar-refractivity contribution >= 4 is 12.0 Å². The molecule has 0 aromatic heterocycles. The molecule has 1 aromatic carbocycles. The zero-order valence-corrected chi connectivity index (χ0v) is 12.0. The van der Waals surface area contributed by atoms with Crippen LogP contribution in [0, 0.1) is 0 Å². The van der Waals surface area contributed by atoms with Gasteiger partial charge in [-0.05, 0) is 30.4 Å². The normalized spacial score (nSPS) is 21.2. The van der Waals surface area contributed by atoms with Gasteiger partial charge in [-0.15, -0.1) is 0 Å². The van der Waals surface area contributed by atoms with Crippen molar-refractivity contribution in [1.82, 2.24) is 9.80 Å². The van der Waals surface area contributed by atoms with E-state index in [-0.39, 0.29) is 18.5 Å². The van der Waals surface area contributed by atoms with Crippen LogP contribution in [-0.2, 0) is 17.8 Å². The maximum Gasteiger partial charge on any atom is 0.320 e. The summed E-state index contributed by atoms with van der Waals surface area (Å²) in [5.41, 5.74) is 2.51. The lowest BCUT2D eigenvalue weighted by Crippen LogP contribution is -2.47. The lowest BCUT2D eigenvalue weighted by molar-refractivity contribution is -0.138. The summed E-state index contributed by atoms with van der Waals surface area (Å²) in [5.74, 6) is -0.830. The van der Waals surface area contributed by atoms with E-state index < -0.39 is 5.97 Å². The monoisotopic (exact) mass is 288 g/mol. The molecular formula is C16H20N2O3. The first-order valence-electron chi connectivity index (χ1n) is 7.49. The summed E-state index contributed by atoms with van der Waals surface area (Å²) in [7, 11) is 0. The van der Waals surface area contributed by atoms with Gasteiger partial charge in [0.25, 0.3) is 0 Å². The molecule has 1 atom stereocenters. The molecule has 21 heavy (non-hydrogen) atoms. The number of benzene rings is 1. The van der Waals surface area contributed by atoms with Gasteiger partial charge in [-0.25, -0.2) is 4.79 Å². The molecule has 3 rings (SSSR count). The van der Waals surface area contributed by atoms with Gasteiger partial charge >= 0.3 is 12.0 Å². The Morgan fingerprint density at radius 1 is 1.19 bits per heavy atom. The molecule has 0 aliphatic carbocycles. The third-order valence-corrected chi connectivity index (χ3v) is 4.43. The number of rotatable bonds is 2. The Labute approximate surface area is 124 Å². The van der Waals surface area contributed by atoms with Gasteiger partial charge in [0.05, 0.1) is 6.42 Å². The van der Waals surface area contributed by atoms with Crippen LogP contribution in [0.1, 0.15) is 30.4 Å². The molecule has 2 aliphatic rings. The minimum atomic E-state index is -0.830. The summed E-state index contributed by atoms with van der Waals surface area (Å²) in [5, 5.41) is 8.96. The van der Waals surface area contributed by atoms with Crippen molar-refractivity contribution in [2.24, 2.45) is 0 Å². The van der Waals surface area contributed by atoms with E-state index in [4.69, 9.17) is 5.11 Å². The fraction of sp³-hybridized carbons (Fsp3) is 0.500. The highest BCUT2D eigenvalue weighted by Crippen LogP contribution is 2.25. The van der Waals surface area contributed by atoms with Crippen molar-refractivity contribution < 1.29 is 14.7 Å². The van der Waals surface area contributed by atoms with Gasteiger partial charge < -0.3 is 14.9 Å². The van der Waals surface area contributed by atoms with Crippen LogP contribution in [0.2, 0.25) is 0 Å². The first kappa shape index (κ1) is 13.9. The summed E-state index contributed by atoms with van der Waals surface area (Å²) < 4.78 is 0. The zero-order valence-electron chi connectivity index (χ0n) is 12.0. The minimum Gasteiger partial charge on any atom is -0.481 e. The predicted octanol–water partition coefficient (Wildman–Crippen LogP) is 2.10. The minimum absolute atomic E-state index is 0.00625. The van der Waals surface area contributed by atoms with Crippen molar-refractivity contribution in [3.8, 4) is 0 Å². The third kappa shape index (κ3) is 2.86. The van der Waals surface area contributed by atoms with Crippen molar-refractivity contribution in [2.75, 3.05) is 13.1 Å². The quantitative estimate of drug-likeness (QED) is 0.906. The van der Waals surface area contributed by atoms with Gasteiger partial charge in [-0.3, -0.25) is 4.79 Å². The second-order valence-electron chi connectivity index (χ2n) is 5.81. The molecule has 2 amide bonds. The topological polar surface area (TPSA) is 60.9 Å². The molecule has 0 saturated carbocycles. The van der Waals surface area contributed by atoms with E-state index in [0.29, 0.717) is 19.6 Å². The fourth-order valence-electron chi connectivity index (χ4n) is 3.34. The molecule has 1 N–H and O–H groups in total. The second-order valence-corrected chi connectivity index (χ2v) is 5.81. The van der Waals surface area contributed by atoms with E-state index in [0.717, 1.165) is 19.3 Å². The highest BCUT2D eigenvalue weighted by molar-refractivity contribution is 5.77. The van der Waals surface area contributed by atoms with Gasteiger partial charge in [0.2, 0.25) is 0 Å². The Hall–Kier alpha value is -2.04. The third-order valence-electron chi connectivity index (χ3n) is 4.43. The van der Waals surface area contributed by atoms with Crippen LogP contribution in [0.4, 0.5) is 4.79 Å². The first-order valence-corrected chi connectivity index (χ1v) is 7.49. The average molecular weight is 288 g/mol. The van der Waals surface area contributed by atoms with Gasteiger partial charge in [0.15, 0.2) is 0 Å². The molecule has 5 heteroatoms. The Morgan fingerprint density at radius 3 is 2.71 bits per heavy atom. The van der Waals surface area contributed by atoms with Crippen molar-refractivity contribution in [3.63, 3.8) is 0 Å². The molecule has 0 radical (unpaired) electrons. The highest BCUT2D eigenvalue weighted by atomic mass is 16.4. The van der Waals surface area contributed by atoms with E-state index >= 15 is 0 Å². The Kier molecular flexibility index (Phi) is 3.82. The van der Waals surface area contributed by atoms with E-state index in [1.54, 1.807) is 4.90 Å². The number of carbonyl (C=O) groups is 2. The van der Waals surface area contributed by atoms with Gasteiger partial charge in [0.1, 0.15) is 0 Å². The van der Waals surface area contributed by atoms with Crippen LogP contribution in [0.25, 0.3) is 0 Å². The molecule has 5 nitrogen and oxygen atoms in total. The lowest BCUT2D eigenvalue weighted by atomic mass is 10.0. The zero-order chi connectivity index (χ0) is 14.8. The number of hydrogen-bond donors (Lipinski definition) is 1. The molecule has 2 aliphatic heterocycles. The van der Waals surface area contributed by atoms with Crippen LogP contribution in [0.5, 0.6) is 0 Å². The standard InChI is InChI=1S/C16H20N2O3/c19-15(20)10-14-6-3-8-18(14)16(21)17-9-7-12-4-1-2-5-13(12)11-17/h1-2,4-5,14H,3,6-11H2,(H,19,20). The van der Waals surface area contributed by atoms with Crippen molar-refractivity contribution in [1.29, 1.82) is 0 Å². The van der Waals surface area contributed by atoms with Crippen molar-refractivity contribution in [2.45, 2.75) is 38.3 Å². The average Bonchev–Trinajstić information content (AvgIpc) is 2.93. The molecular weight excluding hydrogens is 268 g/mol. The fourth-order valence-corrected chi connectivity index (χ4v) is 3.34. The summed E-state index contributed by atoms with van der Waals surface area (Å²) >= 11 is 0. The Bertz CT molecular complexity index is 558. The molecule has 1 unspecified atom stereocenters. The molecule has 0 spiro atoms. The van der Waals surface area contributed by atoms with Crippen LogP contribution >= 0.6 is 0 Å². The predicted molar refractivity (Wildman–Crippen MR) is 77.9 cm³/mol. The summed E-state index contributed by atoms with van der Waals surface area (Å²) in [6.45, 7) is 2.02. The van der Waals surface area contributed by atoms with Gasteiger partial charge in [-0.2, -0.15) is 0 Å². The SMILES string of the molecule is O=C(O)CC1CCCN1C(=O)N1CCc2ccccc2C1. The van der Waals surface area contributed by atoms with Crippen LogP contribution in [0.3, 0.4) is 0 Å². The molecule has 0 bridgehead atoms. The molecule has 1 fully saturated rings.